The molecule has 0 atom stereocenters. The molecule has 0 aliphatic rings. The van der Waals surface area contributed by atoms with Gasteiger partial charge in [0.1, 0.15) is 4.34 Å². The molecule has 2 aromatic rings. The summed E-state index contributed by atoms with van der Waals surface area (Å²) in [5.41, 5.74) is 0.246. The summed E-state index contributed by atoms with van der Waals surface area (Å²) in [5.74, 6) is -0.293. The lowest BCUT2D eigenvalue weighted by molar-refractivity contribution is -0.274. The zero-order valence-corrected chi connectivity index (χ0v) is 14.8. The molecule has 0 unspecified atom stereocenters. The van der Waals surface area contributed by atoms with Crippen LogP contribution >= 0.6 is 54.8 Å². The van der Waals surface area contributed by atoms with E-state index in [0.29, 0.717) is 15.4 Å². The van der Waals surface area contributed by atoms with Gasteiger partial charge in [0.15, 0.2) is 5.75 Å². The highest BCUT2D eigenvalue weighted by atomic mass is 79.9. The molecule has 0 spiro atoms. The summed E-state index contributed by atoms with van der Waals surface area (Å²) in [6, 6.07) is 6.20. The molecule has 1 aromatic carbocycles. The maximum Gasteiger partial charge on any atom is 0.573 e. The van der Waals surface area contributed by atoms with E-state index in [4.69, 9.17) is 11.6 Å². The minimum atomic E-state index is -4.74. The molecule has 0 bridgehead atoms. The lowest BCUT2D eigenvalue weighted by Gasteiger charge is -2.14. The molecule has 9 heteroatoms. The van der Waals surface area contributed by atoms with Gasteiger partial charge >= 0.3 is 6.36 Å². The maximum atomic E-state index is 12.4. The third-order valence-electron chi connectivity index (χ3n) is 2.32. The van der Waals surface area contributed by atoms with E-state index in [-0.39, 0.29) is 11.4 Å². The van der Waals surface area contributed by atoms with Gasteiger partial charge in [-0.1, -0.05) is 27.5 Å². The van der Waals surface area contributed by atoms with Gasteiger partial charge in [-0.2, -0.15) is 0 Å². The van der Waals surface area contributed by atoms with E-state index < -0.39 is 6.36 Å². The van der Waals surface area contributed by atoms with Crippen LogP contribution in [0.25, 0.3) is 0 Å². The SMILES string of the molecule is FC(F)(F)Oc1cc(Br)ccc1NCc1cc(Br)c(Cl)s1. The Hall–Kier alpha value is -0.440. The predicted octanol–water partition coefficient (Wildman–Crippen LogP) is 6.44. The molecule has 1 aromatic heterocycles. The summed E-state index contributed by atoms with van der Waals surface area (Å²) in [5, 5.41) is 2.91. The first-order valence-corrected chi connectivity index (χ1v) is 8.25. The van der Waals surface area contributed by atoms with Gasteiger partial charge in [0.2, 0.25) is 0 Å². The van der Waals surface area contributed by atoms with Crippen LogP contribution in [0.1, 0.15) is 4.88 Å². The Morgan fingerprint density at radius 3 is 2.52 bits per heavy atom. The average molecular weight is 466 g/mol. The van der Waals surface area contributed by atoms with Crippen molar-refractivity contribution in [2.24, 2.45) is 0 Å². The van der Waals surface area contributed by atoms with Gasteiger partial charge < -0.3 is 10.1 Å². The minimum absolute atomic E-state index is 0.246. The Morgan fingerprint density at radius 1 is 1.24 bits per heavy atom. The number of halogens is 6. The van der Waals surface area contributed by atoms with Gasteiger partial charge in [0, 0.05) is 20.4 Å². The Labute approximate surface area is 144 Å². The third kappa shape index (κ3) is 5.05. The Balaban J connectivity index is 2.15. The number of thiophene rings is 1. The summed E-state index contributed by atoms with van der Waals surface area (Å²) < 4.78 is 43.0. The predicted molar refractivity (Wildman–Crippen MR) is 85.2 cm³/mol. The second-order valence-electron chi connectivity index (χ2n) is 3.88. The Morgan fingerprint density at radius 2 is 1.95 bits per heavy atom. The van der Waals surface area contributed by atoms with E-state index in [2.05, 4.69) is 41.9 Å². The summed E-state index contributed by atoms with van der Waals surface area (Å²) in [7, 11) is 0. The van der Waals surface area contributed by atoms with Crippen molar-refractivity contribution in [3.8, 4) is 5.75 Å². The van der Waals surface area contributed by atoms with Gasteiger partial charge in [-0.3, -0.25) is 0 Å². The highest BCUT2D eigenvalue weighted by molar-refractivity contribution is 9.10. The van der Waals surface area contributed by atoms with Gasteiger partial charge in [0.05, 0.1) is 5.69 Å². The summed E-state index contributed by atoms with van der Waals surface area (Å²) in [6.45, 7) is 0.339. The fraction of sp³-hybridized carbons (Fsp3) is 0.167. The van der Waals surface area contributed by atoms with Crippen LogP contribution in [0.2, 0.25) is 4.34 Å². The number of nitrogens with one attached hydrogen (secondary N) is 1. The average Bonchev–Trinajstić information content (AvgIpc) is 2.66. The van der Waals surface area contributed by atoms with Gasteiger partial charge in [-0.25, -0.2) is 0 Å². The molecule has 0 saturated carbocycles. The Bertz CT molecular complexity index is 628. The molecule has 114 valence electrons. The van der Waals surface area contributed by atoms with Crippen LogP contribution in [-0.4, -0.2) is 6.36 Å². The molecule has 1 heterocycles. The maximum absolute atomic E-state index is 12.4. The van der Waals surface area contributed by atoms with Gasteiger partial charge in [-0.05, 0) is 40.2 Å². The van der Waals surface area contributed by atoms with E-state index in [0.717, 1.165) is 9.35 Å². The van der Waals surface area contributed by atoms with E-state index in [1.54, 1.807) is 6.07 Å². The van der Waals surface area contributed by atoms with Crippen molar-refractivity contribution in [1.29, 1.82) is 0 Å². The largest absolute Gasteiger partial charge is 0.573 e. The highest BCUT2D eigenvalue weighted by Crippen LogP contribution is 2.35. The van der Waals surface area contributed by atoms with E-state index in [1.807, 2.05) is 6.07 Å². The molecule has 0 fully saturated rings. The number of hydrogen-bond donors (Lipinski definition) is 1. The number of benzene rings is 1. The van der Waals surface area contributed by atoms with Crippen molar-refractivity contribution in [2.75, 3.05) is 5.32 Å². The smallest absolute Gasteiger partial charge is 0.404 e. The first kappa shape index (κ1) is 16.9. The fourth-order valence-electron chi connectivity index (χ4n) is 1.51. The number of hydrogen-bond acceptors (Lipinski definition) is 3. The van der Waals surface area contributed by atoms with E-state index in [9.17, 15) is 13.2 Å². The number of rotatable bonds is 4. The molecule has 21 heavy (non-hydrogen) atoms. The summed E-state index contributed by atoms with van der Waals surface area (Å²) in [4.78, 5) is 0.882. The molecular formula is C12H7Br2ClF3NOS. The molecule has 0 aliphatic heterocycles. The topological polar surface area (TPSA) is 21.3 Å². The van der Waals surface area contributed by atoms with Crippen LogP contribution in [-0.2, 0) is 6.54 Å². The molecule has 0 radical (unpaired) electrons. The first-order valence-electron chi connectivity index (χ1n) is 5.47. The van der Waals surface area contributed by atoms with Crippen molar-refractivity contribution in [2.45, 2.75) is 12.9 Å². The van der Waals surface area contributed by atoms with Crippen LogP contribution in [0.5, 0.6) is 5.75 Å². The fourth-order valence-corrected chi connectivity index (χ4v) is 3.58. The monoisotopic (exact) mass is 463 g/mol. The lowest BCUT2D eigenvalue weighted by Crippen LogP contribution is -2.18. The summed E-state index contributed by atoms with van der Waals surface area (Å²) >= 11 is 13.6. The number of anilines is 1. The highest BCUT2D eigenvalue weighted by Gasteiger charge is 2.32. The van der Waals surface area contributed by atoms with Crippen molar-refractivity contribution >= 4 is 60.5 Å². The van der Waals surface area contributed by atoms with Crippen LogP contribution in [0.15, 0.2) is 33.2 Å². The van der Waals surface area contributed by atoms with Crippen molar-refractivity contribution in [1.82, 2.24) is 0 Å². The standard InChI is InChI=1S/C12H7Br2ClF3NOS/c13-6-1-2-9(10(3-6)20-12(16,17)18)19-5-7-4-8(14)11(15)21-7/h1-4,19H,5H2. The molecule has 2 nitrogen and oxygen atoms in total. The molecule has 1 N–H and O–H groups in total. The van der Waals surface area contributed by atoms with Crippen molar-refractivity contribution in [3.05, 3.63) is 42.4 Å². The van der Waals surface area contributed by atoms with Crippen LogP contribution < -0.4 is 10.1 Å². The second kappa shape index (κ2) is 6.76. The third-order valence-corrected chi connectivity index (χ3v) is 5.29. The second-order valence-corrected chi connectivity index (χ2v) is 7.39. The van der Waals surface area contributed by atoms with Crippen molar-refractivity contribution in [3.63, 3.8) is 0 Å². The van der Waals surface area contributed by atoms with E-state index in [1.165, 1.54) is 23.5 Å². The van der Waals surface area contributed by atoms with Crippen molar-refractivity contribution < 1.29 is 17.9 Å². The minimum Gasteiger partial charge on any atom is -0.404 e. The lowest BCUT2D eigenvalue weighted by atomic mass is 10.3. The quantitative estimate of drug-likeness (QED) is 0.561. The molecular weight excluding hydrogens is 458 g/mol. The first-order chi connectivity index (χ1) is 9.74. The number of alkyl halides is 3. The number of ether oxygens (including phenoxy) is 1. The molecule has 0 saturated heterocycles. The van der Waals surface area contributed by atoms with Crippen LogP contribution in [0.4, 0.5) is 18.9 Å². The van der Waals surface area contributed by atoms with Gasteiger partial charge in [-0.15, -0.1) is 24.5 Å². The molecule has 0 amide bonds. The normalized spacial score (nSPS) is 11.5. The zero-order chi connectivity index (χ0) is 15.6. The Kier molecular flexibility index (Phi) is 5.45. The van der Waals surface area contributed by atoms with Gasteiger partial charge in [0.25, 0.3) is 0 Å². The summed E-state index contributed by atoms with van der Waals surface area (Å²) in [6.07, 6.45) is -4.74. The zero-order valence-electron chi connectivity index (χ0n) is 10.1. The van der Waals surface area contributed by atoms with Crippen LogP contribution in [0, 0.1) is 0 Å². The van der Waals surface area contributed by atoms with E-state index >= 15 is 0 Å². The molecule has 2 rings (SSSR count). The molecule has 0 aliphatic carbocycles. The van der Waals surface area contributed by atoms with Crippen LogP contribution in [0.3, 0.4) is 0 Å².